The van der Waals surface area contributed by atoms with Crippen molar-refractivity contribution >= 4 is 17.1 Å². The Kier molecular flexibility index (Phi) is 81.5. The minimum atomic E-state index is 0.834. The molecule has 0 saturated heterocycles. The first kappa shape index (κ1) is 86.4. The molecule has 0 aliphatic rings. The van der Waals surface area contributed by atoms with Gasteiger partial charge in [-0.1, -0.05) is 319 Å². The van der Waals surface area contributed by atoms with Crippen LogP contribution in [-0.2, 0) is 0 Å². The van der Waals surface area contributed by atoms with E-state index >= 15 is 0 Å². The SMILES string of the molecule is CC.CC.CC.CC.CC.CC.CC.CC.CC.CC.CC.CC.CCN(C)CN(CC)c1ccccc1-c1ccccc1.CCN(CN(CC)c1ccccc1-c1ccccc1)c1ccccc1-c1ccccc1. The average molecular weight is 1040 g/mol. The van der Waals surface area contributed by atoms with Gasteiger partial charge < -0.3 is 14.7 Å². The number of hydrogen-bond donors (Lipinski definition) is 0. The number of rotatable bonds is 14. The summed E-state index contributed by atoms with van der Waals surface area (Å²) in [5.74, 6) is 0. The first-order chi connectivity index (χ1) is 37.1. The van der Waals surface area contributed by atoms with Gasteiger partial charge in [-0.15, -0.1) is 0 Å². The standard InChI is InChI=1S/C29H30N2.C18H24N2.12C2H6/c1-3-30(28-21-13-11-19-26(28)24-15-7-5-8-16-24)23-31(4-2)29-22-14-12-20-27(29)25-17-9-6-10-18-25;1-4-19(3)15-20(5-2)18-14-10-9-13-17(18)16-11-7-6-8-12-16;12*1-2/h5-22H,3-4,23H2,1-2H3;6-14H,4-5,15H2,1-3H3;12*1-2H3. The van der Waals surface area contributed by atoms with Gasteiger partial charge in [0.05, 0.1) is 13.3 Å². The molecule has 0 N–H and O–H groups in total. The van der Waals surface area contributed by atoms with Crippen LogP contribution in [0, 0.1) is 0 Å². The highest BCUT2D eigenvalue weighted by molar-refractivity contribution is 5.81. The number of anilines is 3. The summed E-state index contributed by atoms with van der Waals surface area (Å²) in [7, 11) is 2.16. The third-order valence-corrected chi connectivity index (χ3v) is 9.43. The van der Waals surface area contributed by atoms with E-state index in [-0.39, 0.29) is 0 Å². The summed E-state index contributed by atoms with van der Waals surface area (Å²) in [4.78, 5) is 9.68. The Labute approximate surface area is 472 Å². The number of hydrogen-bond acceptors (Lipinski definition) is 4. The van der Waals surface area contributed by atoms with E-state index in [0.717, 1.165) is 39.5 Å². The van der Waals surface area contributed by atoms with Crippen molar-refractivity contribution in [1.82, 2.24) is 4.90 Å². The number of nitrogens with zero attached hydrogens (tertiary/aromatic N) is 4. The minimum absolute atomic E-state index is 0.834. The van der Waals surface area contributed by atoms with Gasteiger partial charge in [0.15, 0.2) is 0 Å². The van der Waals surface area contributed by atoms with E-state index in [1.807, 2.05) is 166 Å². The predicted octanol–water partition coefficient (Wildman–Crippen LogP) is 23.7. The molecule has 4 nitrogen and oxygen atoms in total. The molecule has 0 atom stereocenters. The first-order valence-corrected chi connectivity index (χ1v) is 30.4. The number of benzene rings is 6. The molecule has 430 valence electrons. The summed E-state index contributed by atoms with van der Waals surface area (Å²) >= 11 is 0. The van der Waals surface area contributed by atoms with Crippen LogP contribution in [0.3, 0.4) is 0 Å². The van der Waals surface area contributed by atoms with E-state index in [4.69, 9.17) is 0 Å². The average Bonchev–Trinajstić information content (AvgIpc) is 3.55. The molecule has 0 fully saturated rings. The Hall–Kier alpha value is -5.32. The molecule has 75 heavy (non-hydrogen) atoms. The molecular formula is C71H126N4. The molecular weight excluding hydrogens is 909 g/mol. The van der Waals surface area contributed by atoms with Crippen molar-refractivity contribution in [3.63, 3.8) is 0 Å². The topological polar surface area (TPSA) is 13.0 Å². The van der Waals surface area contributed by atoms with Gasteiger partial charge in [0.25, 0.3) is 0 Å². The van der Waals surface area contributed by atoms with Crippen molar-refractivity contribution < 1.29 is 0 Å². The fraction of sp³-hybridized carbons (Fsp3) is 0.493. The van der Waals surface area contributed by atoms with Crippen molar-refractivity contribution in [3.8, 4) is 33.4 Å². The Morgan fingerprint density at radius 2 is 0.413 bits per heavy atom. The fourth-order valence-corrected chi connectivity index (χ4v) is 6.47. The summed E-state index contributed by atoms with van der Waals surface area (Å²) in [6, 6.07) is 58.1. The van der Waals surface area contributed by atoms with Crippen molar-refractivity contribution in [2.24, 2.45) is 0 Å². The van der Waals surface area contributed by atoms with Gasteiger partial charge in [-0.2, -0.15) is 0 Å². The van der Waals surface area contributed by atoms with Crippen LogP contribution < -0.4 is 14.7 Å². The fourth-order valence-electron chi connectivity index (χ4n) is 6.47. The third kappa shape index (κ3) is 36.3. The van der Waals surface area contributed by atoms with Crippen molar-refractivity contribution in [2.75, 3.05) is 61.3 Å². The molecule has 0 heterocycles. The lowest BCUT2D eigenvalue weighted by molar-refractivity contribution is 0.351. The highest BCUT2D eigenvalue weighted by Crippen LogP contribution is 2.34. The Bertz CT molecular complexity index is 1790. The molecule has 0 unspecified atom stereocenters. The van der Waals surface area contributed by atoms with Crippen molar-refractivity contribution in [3.05, 3.63) is 164 Å². The minimum Gasteiger partial charge on any atom is -0.358 e. The highest BCUT2D eigenvalue weighted by Gasteiger charge is 2.17. The second kappa shape index (κ2) is 70.8. The molecule has 6 rings (SSSR count). The molecule has 0 saturated carbocycles. The van der Waals surface area contributed by atoms with E-state index in [1.54, 1.807) is 0 Å². The zero-order valence-electron chi connectivity index (χ0n) is 55.1. The van der Waals surface area contributed by atoms with E-state index < -0.39 is 0 Å². The molecule has 6 aromatic carbocycles. The van der Waals surface area contributed by atoms with Crippen molar-refractivity contribution in [1.29, 1.82) is 0 Å². The van der Waals surface area contributed by atoms with Gasteiger partial charge in [-0.25, -0.2) is 0 Å². The van der Waals surface area contributed by atoms with E-state index in [1.165, 1.54) is 50.4 Å². The molecule has 0 aromatic heterocycles. The highest BCUT2D eigenvalue weighted by atomic mass is 15.3. The van der Waals surface area contributed by atoms with Gasteiger partial charge in [-0.05, 0) is 69.3 Å². The van der Waals surface area contributed by atoms with Crippen LogP contribution in [0.5, 0.6) is 0 Å². The zero-order chi connectivity index (χ0) is 59.8. The summed E-state index contributed by atoms with van der Waals surface area (Å²) in [6.45, 7) is 62.6. The summed E-state index contributed by atoms with van der Waals surface area (Å²) in [5, 5.41) is 0. The van der Waals surface area contributed by atoms with Gasteiger partial charge in [0.1, 0.15) is 0 Å². The van der Waals surface area contributed by atoms with Gasteiger partial charge in [-0.3, -0.25) is 4.90 Å². The Balaban J connectivity index is -0.000000147. The maximum absolute atomic E-state index is 2.47. The maximum atomic E-state index is 2.47. The smallest absolute Gasteiger partial charge is 0.0902 e. The van der Waals surface area contributed by atoms with E-state index in [2.05, 4.69) is 218 Å². The van der Waals surface area contributed by atoms with E-state index in [9.17, 15) is 0 Å². The van der Waals surface area contributed by atoms with Crippen LogP contribution in [-0.4, -0.2) is 51.5 Å². The van der Waals surface area contributed by atoms with E-state index in [0.29, 0.717) is 0 Å². The third-order valence-electron chi connectivity index (χ3n) is 9.43. The number of para-hydroxylation sites is 3. The summed E-state index contributed by atoms with van der Waals surface area (Å²) in [5.41, 5.74) is 11.5. The van der Waals surface area contributed by atoms with Gasteiger partial charge in [0.2, 0.25) is 0 Å². The molecule has 0 radical (unpaired) electrons. The lowest BCUT2D eigenvalue weighted by Gasteiger charge is -2.34. The second-order valence-corrected chi connectivity index (χ2v) is 12.7. The van der Waals surface area contributed by atoms with Crippen molar-refractivity contribution in [2.45, 2.75) is 194 Å². The van der Waals surface area contributed by atoms with Gasteiger partial charge >= 0.3 is 0 Å². The van der Waals surface area contributed by atoms with Crippen LogP contribution >= 0.6 is 0 Å². The largest absolute Gasteiger partial charge is 0.358 e. The first-order valence-electron chi connectivity index (χ1n) is 30.4. The predicted molar refractivity (Wildman–Crippen MR) is 359 cm³/mol. The quantitative estimate of drug-likeness (QED) is 0.101. The second-order valence-electron chi connectivity index (χ2n) is 12.7. The van der Waals surface area contributed by atoms with Crippen LogP contribution in [0.25, 0.3) is 33.4 Å². The lowest BCUT2D eigenvalue weighted by atomic mass is 10.0. The summed E-state index contributed by atoms with van der Waals surface area (Å²) in [6.07, 6.45) is 0. The Morgan fingerprint density at radius 3 is 0.613 bits per heavy atom. The zero-order valence-corrected chi connectivity index (χ0v) is 55.1. The molecule has 4 heteroatoms. The molecule has 0 aliphatic heterocycles. The Morgan fingerprint density at radius 1 is 0.227 bits per heavy atom. The maximum Gasteiger partial charge on any atom is 0.0902 e. The summed E-state index contributed by atoms with van der Waals surface area (Å²) < 4.78 is 0. The van der Waals surface area contributed by atoms with Crippen LogP contribution in [0.4, 0.5) is 17.1 Å². The van der Waals surface area contributed by atoms with Crippen LogP contribution in [0.1, 0.15) is 194 Å². The van der Waals surface area contributed by atoms with Crippen LogP contribution in [0.15, 0.2) is 164 Å². The normalized spacial score (nSPS) is 8.24. The molecule has 0 spiro atoms. The lowest BCUT2D eigenvalue weighted by Crippen LogP contribution is -2.38. The molecule has 0 amide bonds. The van der Waals surface area contributed by atoms with Gasteiger partial charge in [0, 0.05) is 53.4 Å². The molecule has 6 aromatic rings. The monoisotopic (exact) mass is 1030 g/mol. The molecule has 0 bridgehead atoms. The molecule has 0 aliphatic carbocycles. The van der Waals surface area contributed by atoms with Crippen LogP contribution in [0.2, 0.25) is 0 Å².